The molecule has 0 aliphatic heterocycles. The number of furan rings is 1. The second-order valence-electron chi connectivity index (χ2n) is 7.11. The van der Waals surface area contributed by atoms with Crippen LogP contribution in [0.4, 0.5) is 5.13 Å². The van der Waals surface area contributed by atoms with E-state index in [1.54, 1.807) is 19.2 Å². The molecule has 0 radical (unpaired) electrons. The fourth-order valence-electron chi connectivity index (χ4n) is 3.41. The number of anilines is 1. The average molecular weight is 483 g/mol. The van der Waals surface area contributed by atoms with Crippen LogP contribution in [0.1, 0.15) is 31.1 Å². The van der Waals surface area contributed by atoms with Gasteiger partial charge in [0.15, 0.2) is 22.4 Å². The summed E-state index contributed by atoms with van der Waals surface area (Å²) in [4.78, 5) is 17.5. The molecule has 2 heterocycles. The molecule has 0 saturated heterocycles. The molecule has 0 unspecified atom stereocenters. The summed E-state index contributed by atoms with van der Waals surface area (Å²) >= 11 is 1.31. The zero-order chi connectivity index (χ0) is 24.1. The number of thiazole rings is 1. The Labute approximate surface area is 201 Å². The summed E-state index contributed by atoms with van der Waals surface area (Å²) in [5.74, 6) is 2.43. The van der Waals surface area contributed by atoms with E-state index in [1.165, 1.54) is 11.3 Å². The Hall–Kier alpha value is -3.72. The van der Waals surface area contributed by atoms with Gasteiger partial charge in [-0.15, -0.1) is 11.3 Å². The number of hydrogen-bond acceptors (Lipinski definition) is 8. The SMILES string of the molecule is CCOc1cc(C(=O)Nc2nc(-c3cc4cc(OC)ccc4o3)cs2)cc(OCC)c1OCC. The number of ether oxygens (including phenoxy) is 4. The summed E-state index contributed by atoms with van der Waals surface area (Å²) in [5, 5.41) is 6.04. The highest BCUT2D eigenvalue weighted by Gasteiger charge is 2.19. The minimum Gasteiger partial charge on any atom is -0.497 e. The summed E-state index contributed by atoms with van der Waals surface area (Å²) in [7, 11) is 1.62. The monoisotopic (exact) mass is 482 g/mol. The molecule has 0 aliphatic rings. The lowest BCUT2D eigenvalue weighted by Gasteiger charge is -2.16. The highest BCUT2D eigenvalue weighted by atomic mass is 32.1. The van der Waals surface area contributed by atoms with E-state index in [1.807, 2.05) is 50.4 Å². The molecule has 8 nitrogen and oxygen atoms in total. The maximum absolute atomic E-state index is 13.0. The first-order valence-electron chi connectivity index (χ1n) is 11.0. The molecular formula is C25H26N2O6S. The van der Waals surface area contributed by atoms with Crippen LogP contribution >= 0.6 is 11.3 Å². The molecule has 1 N–H and O–H groups in total. The van der Waals surface area contributed by atoms with Gasteiger partial charge in [-0.1, -0.05) is 0 Å². The number of hydrogen-bond donors (Lipinski definition) is 1. The van der Waals surface area contributed by atoms with Crippen molar-refractivity contribution in [1.82, 2.24) is 4.98 Å². The van der Waals surface area contributed by atoms with Gasteiger partial charge in [-0.25, -0.2) is 4.98 Å². The number of carbonyl (C=O) groups excluding carboxylic acids is 1. The van der Waals surface area contributed by atoms with Gasteiger partial charge in [0.2, 0.25) is 5.75 Å². The van der Waals surface area contributed by atoms with Crippen molar-refractivity contribution < 1.29 is 28.2 Å². The highest BCUT2D eigenvalue weighted by Crippen LogP contribution is 2.39. The fourth-order valence-corrected chi connectivity index (χ4v) is 4.10. The largest absolute Gasteiger partial charge is 0.497 e. The van der Waals surface area contributed by atoms with Gasteiger partial charge >= 0.3 is 0 Å². The lowest BCUT2D eigenvalue weighted by molar-refractivity contribution is 0.102. The number of nitrogens with zero attached hydrogens (tertiary/aromatic N) is 1. The minimum atomic E-state index is -0.333. The Balaban J connectivity index is 1.57. The topological polar surface area (TPSA) is 92.1 Å². The van der Waals surface area contributed by atoms with E-state index in [0.717, 1.165) is 16.7 Å². The predicted molar refractivity (Wildman–Crippen MR) is 132 cm³/mol. The Bertz CT molecular complexity index is 1270. The molecule has 9 heteroatoms. The van der Waals surface area contributed by atoms with E-state index >= 15 is 0 Å². The molecule has 4 rings (SSSR count). The number of carbonyl (C=O) groups is 1. The normalized spacial score (nSPS) is 10.8. The van der Waals surface area contributed by atoms with Gasteiger partial charge < -0.3 is 23.4 Å². The molecule has 0 bridgehead atoms. The molecule has 1 amide bonds. The van der Waals surface area contributed by atoms with Crippen LogP contribution in [0.25, 0.3) is 22.4 Å². The summed E-state index contributed by atoms with van der Waals surface area (Å²) < 4.78 is 28.3. The first kappa shape index (κ1) is 23.4. The third kappa shape index (κ3) is 4.94. The van der Waals surface area contributed by atoms with Crippen LogP contribution < -0.4 is 24.3 Å². The number of amides is 1. The van der Waals surface area contributed by atoms with Crippen molar-refractivity contribution in [2.24, 2.45) is 0 Å². The van der Waals surface area contributed by atoms with Crippen LogP contribution in [-0.4, -0.2) is 37.8 Å². The number of aromatic nitrogens is 1. The first-order chi connectivity index (χ1) is 16.6. The summed E-state index contributed by atoms with van der Waals surface area (Å²) in [6.07, 6.45) is 0. The standard InChI is InChI=1S/C25H26N2O6S/c1-5-30-21-12-16(13-22(31-6-2)23(21)32-7-3)24(28)27-25-26-18(14-34-25)20-11-15-10-17(29-4)8-9-19(15)33-20/h8-14H,5-7H2,1-4H3,(H,26,27,28). The quantitative estimate of drug-likeness (QED) is 0.296. The van der Waals surface area contributed by atoms with Crippen LogP contribution in [0.3, 0.4) is 0 Å². The van der Waals surface area contributed by atoms with Crippen molar-refractivity contribution in [3.63, 3.8) is 0 Å². The number of methoxy groups -OCH3 is 1. The van der Waals surface area contributed by atoms with Gasteiger partial charge in [0.05, 0.1) is 26.9 Å². The Morgan fingerprint density at radius 2 is 1.71 bits per heavy atom. The van der Waals surface area contributed by atoms with Crippen LogP contribution in [0.15, 0.2) is 46.2 Å². The molecule has 0 atom stereocenters. The minimum absolute atomic E-state index is 0.333. The average Bonchev–Trinajstić information content (AvgIpc) is 3.47. The fraction of sp³-hybridized carbons (Fsp3) is 0.280. The number of rotatable bonds is 10. The molecule has 0 fully saturated rings. The van der Waals surface area contributed by atoms with E-state index in [-0.39, 0.29) is 5.91 Å². The zero-order valence-corrected chi connectivity index (χ0v) is 20.3. The van der Waals surface area contributed by atoms with Gasteiger partial charge in [-0.05, 0) is 57.2 Å². The van der Waals surface area contributed by atoms with Crippen LogP contribution in [-0.2, 0) is 0 Å². The Kier molecular flexibility index (Phi) is 7.22. The molecule has 2 aromatic carbocycles. The second-order valence-corrected chi connectivity index (χ2v) is 7.97. The van der Waals surface area contributed by atoms with Crippen LogP contribution in [0.2, 0.25) is 0 Å². The van der Waals surface area contributed by atoms with Gasteiger partial charge in [-0.3, -0.25) is 10.1 Å². The Morgan fingerprint density at radius 1 is 1.00 bits per heavy atom. The zero-order valence-electron chi connectivity index (χ0n) is 19.5. The number of benzene rings is 2. The van der Waals surface area contributed by atoms with Crippen molar-refractivity contribution >= 4 is 33.3 Å². The molecule has 178 valence electrons. The van der Waals surface area contributed by atoms with E-state index in [0.29, 0.717) is 59.2 Å². The molecular weight excluding hydrogens is 456 g/mol. The van der Waals surface area contributed by atoms with Crippen LogP contribution in [0.5, 0.6) is 23.0 Å². The van der Waals surface area contributed by atoms with Gasteiger partial charge in [0, 0.05) is 16.3 Å². The third-order valence-electron chi connectivity index (χ3n) is 4.87. The van der Waals surface area contributed by atoms with Crippen molar-refractivity contribution in [1.29, 1.82) is 0 Å². The number of nitrogens with one attached hydrogen (secondary N) is 1. The summed E-state index contributed by atoms with van der Waals surface area (Å²) in [6, 6.07) is 10.8. The van der Waals surface area contributed by atoms with E-state index in [4.69, 9.17) is 23.4 Å². The lowest BCUT2D eigenvalue weighted by Crippen LogP contribution is -2.13. The van der Waals surface area contributed by atoms with E-state index in [2.05, 4.69) is 10.3 Å². The summed E-state index contributed by atoms with van der Waals surface area (Å²) in [5.41, 5.74) is 1.74. The van der Waals surface area contributed by atoms with Crippen molar-refractivity contribution in [3.05, 3.63) is 47.3 Å². The predicted octanol–water partition coefficient (Wildman–Crippen LogP) is 6.01. The third-order valence-corrected chi connectivity index (χ3v) is 5.63. The van der Waals surface area contributed by atoms with E-state index < -0.39 is 0 Å². The van der Waals surface area contributed by atoms with Gasteiger partial charge in [0.25, 0.3) is 5.91 Å². The highest BCUT2D eigenvalue weighted by molar-refractivity contribution is 7.14. The van der Waals surface area contributed by atoms with Crippen molar-refractivity contribution in [2.75, 3.05) is 32.2 Å². The molecule has 2 aromatic heterocycles. The smallest absolute Gasteiger partial charge is 0.257 e. The first-order valence-corrected chi connectivity index (χ1v) is 11.8. The lowest BCUT2D eigenvalue weighted by atomic mass is 10.1. The van der Waals surface area contributed by atoms with Crippen molar-refractivity contribution in [2.45, 2.75) is 20.8 Å². The molecule has 34 heavy (non-hydrogen) atoms. The van der Waals surface area contributed by atoms with Crippen LogP contribution in [0, 0.1) is 0 Å². The molecule has 0 saturated carbocycles. The molecule has 0 spiro atoms. The number of fused-ring (bicyclic) bond motifs is 1. The molecule has 4 aromatic rings. The maximum Gasteiger partial charge on any atom is 0.257 e. The van der Waals surface area contributed by atoms with Gasteiger partial charge in [-0.2, -0.15) is 0 Å². The Morgan fingerprint density at radius 3 is 2.35 bits per heavy atom. The maximum atomic E-state index is 13.0. The van der Waals surface area contributed by atoms with E-state index in [9.17, 15) is 4.79 Å². The second kappa shape index (κ2) is 10.5. The van der Waals surface area contributed by atoms with Crippen molar-refractivity contribution in [3.8, 4) is 34.5 Å². The summed E-state index contributed by atoms with van der Waals surface area (Å²) in [6.45, 7) is 6.92. The molecule has 0 aliphatic carbocycles. The van der Waals surface area contributed by atoms with Gasteiger partial charge in [0.1, 0.15) is 17.0 Å².